The lowest BCUT2D eigenvalue weighted by Gasteiger charge is -2.38. The van der Waals surface area contributed by atoms with E-state index in [1.54, 1.807) is 0 Å². The number of nitrogens with one attached hydrogen (secondary N) is 1. The number of rotatable bonds is 2. The molecule has 1 heterocycles. The van der Waals surface area contributed by atoms with E-state index in [4.69, 9.17) is 10.6 Å². The van der Waals surface area contributed by atoms with Crippen molar-refractivity contribution in [3.63, 3.8) is 0 Å². The molecule has 0 unspecified atom stereocenters. The molecule has 13 heavy (non-hydrogen) atoms. The van der Waals surface area contributed by atoms with Crippen molar-refractivity contribution >= 4 is 5.91 Å². The van der Waals surface area contributed by atoms with Crippen molar-refractivity contribution in [2.24, 2.45) is 5.84 Å². The molecule has 1 rings (SSSR count). The molecule has 5 heteroatoms. The SMILES string of the molecule is CC(C)(C(=O)NN)N1CCOCC1. The molecule has 5 nitrogen and oxygen atoms in total. The number of morpholine rings is 1. The molecule has 0 spiro atoms. The molecule has 0 radical (unpaired) electrons. The number of hydrazine groups is 1. The van der Waals surface area contributed by atoms with Gasteiger partial charge in [0.2, 0.25) is 0 Å². The number of carbonyl (C=O) groups excluding carboxylic acids is 1. The largest absolute Gasteiger partial charge is 0.379 e. The molecule has 1 aliphatic rings. The molecule has 1 amide bonds. The Morgan fingerprint density at radius 2 is 2.00 bits per heavy atom. The van der Waals surface area contributed by atoms with Gasteiger partial charge in [0.25, 0.3) is 5.91 Å². The van der Waals surface area contributed by atoms with Crippen LogP contribution in [0.5, 0.6) is 0 Å². The number of amides is 1. The van der Waals surface area contributed by atoms with Gasteiger partial charge in [-0.05, 0) is 13.8 Å². The van der Waals surface area contributed by atoms with Crippen molar-refractivity contribution in [2.75, 3.05) is 26.3 Å². The predicted molar refractivity (Wildman–Crippen MR) is 48.8 cm³/mol. The molecule has 0 aromatic rings. The van der Waals surface area contributed by atoms with E-state index in [1.807, 2.05) is 13.8 Å². The molecular weight excluding hydrogens is 170 g/mol. The molecule has 1 saturated heterocycles. The molecule has 1 fully saturated rings. The number of ether oxygens (including phenoxy) is 1. The Bertz CT molecular complexity index is 188. The van der Waals surface area contributed by atoms with Gasteiger partial charge < -0.3 is 4.74 Å². The van der Waals surface area contributed by atoms with E-state index in [-0.39, 0.29) is 5.91 Å². The average molecular weight is 187 g/mol. The Balaban J connectivity index is 2.60. The first-order chi connectivity index (χ1) is 6.09. The Kier molecular flexibility index (Phi) is 3.24. The van der Waals surface area contributed by atoms with Crippen LogP contribution in [0.25, 0.3) is 0 Å². The van der Waals surface area contributed by atoms with E-state index in [0.717, 1.165) is 13.1 Å². The van der Waals surface area contributed by atoms with Crippen LogP contribution in [0.4, 0.5) is 0 Å². The predicted octanol–water partition coefficient (Wildman–Crippen LogP) is -0.913. The van der Waals surface area contributed by atoms with Crippen LogP contribution in [0.15, 0.2) is 0 Å². The van der Waals surface area contributed by atoms with Crippen LogP contribution in [0.2, 0.25) is 0 Å². The minimum absolute atomic E-state index is 0.158. The third-order valence-electron chi connectivity index (χ3n) is 2.49. The van der Waals surface area contributed by atoms with Gasteiger partial charge in [-0.3, -0.25) is 15.1 Å². The zero-order chi connectivity index (χ0) is 9.90. The topological polar surface area (TPSA) is 67.6 Å². The standard InChI is InChI=1S/C8H17N3O2/c1-8(2,7(12)10-9)11-3-5-13-6-4-11/h3-6,9H2,1-2H3,(H,10,12). The lowest BCUT2D eigenvalue weighted by atomic mass is 10.0. The van der Waals surface area contributed by atoms with Crippen LogP contribution >= 0.6 is 0 Å². The Labute approximate surface area is 78.2 Å². The molecule has 0 saturated carbocycles. The summed E-state index contributed by atoms with van der Waals surface area (Å²) in [7, 11) is 0. The summed E-state index contributed by atoms with van der Waals surface area (Å²) in [5.74, 6) is 4.95. The maximum Gasteiger partial charge on any atom is 0.253 e. The summed E-state index contributed by atoms with van der Waals surface area (Å²) in [6.07, 6.45) is 0. The summed E-state index contributed by atoms with van der Waals surface area (Å²) >= 11 is 0. The van der Waals surface area contributed by atoms with Crippen molar-refractivity contribution in [1.29, 1.82) is 0 Å². The van der Waals surface area contributed by atoms with Crippen molar-refractivity contribution < 1.29 is 9.53 Å². The van der Waals surface area contributed by atoms with Crippen molar-refractivity contribution in [2.45, 2.75) is 19.4 Å². The first-order valence-corrected chi connectivity index (χ1v) is 4.43. The zero-order valence-electron chi connectivity index (χ0n) is 8.17. The van der Waals surface area contributed by atoms with E-state index in [9.17, 15) is 4.79 Å². The fourth-order valence-corrected chi connectivity index (χ4v) is 1.44. The highest BCUT2D eigenvalue weighted by molar-refractivity contribution is 5.84. The average Bonchev–Trinajstić information content (AvgIpc) is 2.18. The molecule has 3 N–H and O–H groups in total. The number of nitrogens with zero attached hydrogens (tertiary/aromatic N) is 1. The van der Waals surface area contributed by atoms with E-state index >= 15 is 0 Å². The Hall–Kier alpha value is -0.650. The van der Waals surface area contributed by atoms with E-state index in [2.05, 4.69) is 10.3 Å². The summed E-state index contributed by atoms with van der Waals surface area (Å²) in [6.45, 7) is 6.64. The lowest BCUT2D eigenvalue weighted by molar-refractivity contribution is -0.134. The molecule has 0 atom stereocenters. The highest BCUT2D eigenvalue weighted by atomic mass is 16.5. The molecule has 76 valence electrons. The summed E-state index contributed by atoms with van der Waals surface area (Å²) in [5, 5.41) is 0. The molecule has 0 aromatic carbocycles. The van der Waals surface area contributed by atoms with Gasteiger partial charge in [-0.15, -0.1) is 0 Å². The quantitative estimate of drug-likeness (QED) is 0.333. The van der Waals surface area contributed by atoms with Gasteiger partial charge in [0.1, 0.15) is 0 Å². The van der Waals surface area contributed by atoms with Crippen LogP contribution in [-0.4, -0.2) is 42.6 Å². The summed E-state index contributed by atoms with van der Waals surface area (Å²) in [6, 6.07) is 0. The van der Waals surface area contributed by atoms with Crippen molar-refractivity contribution in [3.8, 4) is 0 Å². The van der Waals surface area contributed by atoms with Crippen LogP contribution < -0.4 is 11.3 Å². The van der Waals surface area contributed by atoms with Crippen LogP contribution in [0.1, 0.15) is 13.8 Å². The summed E-state index contributed by atoms with van der Waals surface area (Å²) in [5.41, 5.74) is 1.64. The highest BCUT2D eigenvalue weighted by Crippen LogP contribution is 2.15. The second kappa shape index (κ2) is 4.04. The maximum absolute atomic E-state index is 11.4. The lowest BCUT2D eigenvalue weighted by Crippen LogP contribution is -2.59. The van der Waals surface area contributed by atoms with Gasteiger partial charge in [-0.1, -0.05) is 0 Å². The number of hydrogen-bond donors (Lipinski definition) is 2. The fraction of sp³-hybridized carbons (Fsp3) is 0.875. The maximum atomic E-state index is 11.4. The van der Waals surface area contributed by atoms with E-state index < -0.39 is 5.54 Å². The second-order valence-electron chi connectivity index (χ2n) is 3.63. The van der Waals surface area contributed by atoms with Gasteiger partial charge in [-0.25, -0.2) is 5.84 Å². The Morgan fingerprint density at radius 3 is 2.46 bits per heavy atom. The zero-order valence-corrected chi connectivity index (χ0v) is 8.17. The number of carbonyl (C=O) groups is 1. The molecular formula is C8H17N3O2. The first-order valence-electron chi connectivity index (χ1n) is 4.43. The molecule has 0 aromatic heterocycles. The summed E-state index contributed by atoms with van der Waals surface area (Å²) in [4.78, 5) is 13.5. The Morgan fingerprint density at radius 1 is 1.46 bits per heavy atom. The van der Waals surface area contributed by atoms with Crippen molar-refractivity contribution in [1.82, 2.24) is 10.3 Å². The van der Waals surface area contributed by atoms with Gasteiger partial charge in [0.15, 0.2) is 0 Å². The van der Waals surface area contributed by atoms with E-state index in [0.29, 0.717) is 13.2 Å². The second-order valence-corrected chi connectivity index (χ2v) is 3.63. The minimum Gasteiger partial charge on any atom is -0.379 e. The van der Waals surface area contributed by atoms with Gasteiger partial charge in [0.05, 0.1) is 18.8 Å². The third-order valence-corrected chi connectivity index (χ3v) is 2.49. The van der Waals surface area contributed by atoms with Crippen molar-refractivity contribution in [3.05, 3.63) is 0 Å². The first kappa shape index (κ1) is 10.4. The smallest absolute Gasteiger partial charge is 0.253 e. The third kappa shape index (κ3) is 2.18. The van der Waals surface area contributed by atoms with Crippen LogP contribution in [-0.2, 0) is 9.53 Å². The van der Waals surface area contributed by atoms with Crippen LogP contribution in [0, 0.1) is 0 Å². The fourth-order valence-electron chi connectivity index (χ4n) is 1.44. The van der Waals surface area contributed by atoms with E-state index in [1.165, 1.54) is 0 Å². The normalized spacial score (nSPS) is 19.9. The molecule has 0 aliphatic carbocycles. The van der Waals surface area contributed by atoms with Crippen LogP contribution in [0.3, 0.4) is 0 Å². The van der Waals surface area contributed by atoms with Gasteiger partial charge >= 0.3 is 0 Å². The summed E-state index contributed by atoms with van der Waals surface area (Å²) < 4.78 is 5.20. The minimum atomic E-state index is -0.543. The molecule has 0 bridgehead atoms. The van der Waals surface area contributed by atoms with Gasteiger partial charge in [-0.2, -0.15) is 0 Å². The number of hydrogen-bond acceptors (Lipinski definition) is 4. The highest BCUT2D eigenvalue weighted by Gasteiger charge is 2.34. The monoisotopic (exact) mass is 187 g/mol. The molecule has 1 aliphatic heterocycles. The number of nitrogens with two attached hydrogens (primary N) is 1. The van der Waals surface area contributed by atoms with Gasteiger partial charge in [0, 0.05) is 13.1 Å².